The Labute approximate surface area is 174 Å². The lowest BCUT2D eigenvalue weighted by Gasteiger charge is -2.36. The van der Waals surface area contributed by atoms with Crippen molar-refractivity contribution in [2.24, 2.45) is 0 Å². The van der Waals surface area contributed by atoms with Crippen molar-refractivity contribution < 1.29 is 9.53 Å². The highest BCUT2D eigenvalue weighted by Crippen LogP contribution is 2.28. The molecule has 156 valence electrons. The zero-order chi connectivity index (χ0) is 20.5. The molecule has 0 radical (unpaired) electrons. The van der Waals surface area contributed by atoms with Crippen molar-refractivity contribution in [3.8, 4) is 5.75 Å². The first-order chi connectivity index (χ1) is 14.2. The molecule has 0 atom stereocenters. The highest BCUT2D eigenvalue weighted by atomic mass is 16.5. The average Bonchev–Trinajstić information content (AvgIpc) is 2.79. The summed E-state index contributed by atoms with van der Waals surface area (Å²) >= 11 is 0. The van der Waals surface area contributed by atoms with Gasteiger partial charge in [-0.3, -0.25) is 0 Å². The van der Waals surface area contributed by atoms with Crippen LogP contribution < -0.4 is 19.9 Å². The first-order valence-corrected chi connectivity index (χ1v) is 10.4. The van der Waals surface area contributed by atoms with Crippen LogP contribution in [0.25, 0.3) is 0 Å². The van der Waals surface area contributed by atoms with Crippen LogP contribution in [0.5, 0.6) is 5.75 Å². The topological polar surface area (TPSA) is 48.1 Å². The number of para-hydroxylation sites is 3. The number of hydrogen-bond donors (Lipinski definition) is 1. The van der Waals surface area contributed by atoms with Crippen LogP contribution in [0.2, 0.25) is 0 Å². The zero-order valence-electron chi connectivity index (χ0n) is 17.5. The highest BCUT2D eigenvalue weighted by Gasteiger charge is 2.22. The third-order valence-corrected chi connectivity index (χ3v) is 5.38. The molecule has 1 aliphatic rings. The van der Waals surface area contributed by atoms with E-state index in [1.807, 2.05) is 29.2 Å². The first kappa shape index (κ1) is 20.8. The summed E-state index contributed by atoms with van der Waals surface area (Å²) in [5.74, 6) is 0.879. The number of nitrogens with one attached hydrogen (secondary N) is 1. The molecule has 2 aromatic carbocycles. The van der Waals surface area contributed by atoms with Crippen LogP contribution in [0.3, 0.4) is 0 Å². The Hall–Kier alpha value is -2.89. The molecule has 0 aromatic heterocycles. The largest absolute Gasteiger partial charge is 0.495 e. The summed E-state index contributed by atoms with van der Waals surface area (Å²) in [6, 6.07) is 18.5. The van der Waals surface area contributed by atoms with Crippen LogP contribution >= 0.6 is 0 Å². The van der Waals surface area contributed by atoms with Crippen molar-refractivity contribution in [2.45, 2.75) is 13.3 Å². The van der Waals surface area contributed by atoms with Gasteiger partial charge in [0.15, 0.2) is 0 Å². The molecule has 2 amide bonds. The number of carbonyl (C=O) groups excluding carboxylic acids is 1. The van der Waals surface area contributed by atoms with Crippen molar-refractivity contribution in [3.63, 3.8) is 0 Å². The van der Waals surface area contributed by atoms with E-state index < -0.39 is 0 Å². The number of carbonyl (C=O) groups is 1. The van der Waals surface area contributed by atoms with Gasteiger partial charge in [-0.15, -0.1) is 0 Å². The van der Waals surface area contributed by atoms with Crippen LogP contribution in [0.1, 0.15) is 13.3 Å². The smallest absolute Gasteiger partial charge is 0.317 e. The minimum atomic E-state index is 0.0347. The summed E-state index contributed by atoms with van der Waals surface area (Å²) in [5.41, 5.74) is 2.32. The predicted octanol–water partition coefficient (Wildman–Crippen LogP) is 3.44. The number of urea groups is 1. The molecule has 29 heavy (non-hydrogen) atoms. The summed E-state index contributed by atoms with van der Waals surface area (Å²) in [6.45, 7) is 7.80. The third kappa shape index (κ3) is 5.56. The van der Waals surface area contributed by atoms with Gasteiger partial charge in [-0.1, -0.05) is 30.3 Å². The Morgan fingerprint density at radius 1 is 1.03 bits per heavy atom. The third-order valence-electron chi connectivity index (χ3n) is 5.38. The minimum Gasteiger partial charge on any atom is -0.495 e. The maximum Gasteiger partial charge on any atom is 0.317 e. The van der Waals surface area contributed by atoms with Crippen LogP contribution in [-0.2, 0) is 0 Å². The second-order valence-electron chi connectivity index (χ2n) is 7.15. The Kier molecular flexibility index (Phi) is 7.61. The fourth-order valence-corrected chi connectivity index (χ4v) is 3.73. The Bertz CT molecular complexity index is 760. The minimum absolute atomic E-state index is 0.0347. The van der Waals surface area contributed by atoms with Crippen molar-refractivity contribution in [1.82, 2.24) is 10.2 Å². The van der Waals surface area contributed by atoms with Crippen molar-refractivity contribution in [2.75, 3.05) is 62.7 Å². The van der Waals surface area contributed by atoms with E-state index in [9.17, 15) is 4.79 Å². The number of nitrogens with zero attached hydrogens (tertiary/aromatic N) is 3. The summed E-state index contributed by atoms with van der Waals surface area (Å²) in [6.07, 6.45) is 0.926. The maximum absolute atomic E-state index is 12.5. The molecule has 1 saturated heterocycles. The van der Waals surface area contributed by atoms with Crippen molar-refractivity contribution in [3.05, 3.63) is 54.6 Å². The SMILES string of the molecule is CCN(CCCNC(=O)N1CCN(c2ccccc2OC)CC1)c1ccccc1. The van der Waals surface area contributed by atoms with Gasteiger partial charge in [0.1, 0.15) is 5.75 Å². The fourth-order valence-electron chi connectivity index (χ4n) is 3.73. The lowest BCUT2D eigenvalue weighted by Crippen LogP contribution is -2.52. The molecule has 6 nitrogen and oxygen atoms in total. The van der Waals surface area contributed by atoms with E-state index >= 15 is 0 Å². The first-order valence-electron chi connectivity index (χ1n) is 10.4. The van der Waals surface area contributed by atoms with E-state index in [2.05, 4.69) is 52.4 Å². The van der Waals surface area contributed by atoms with Crippen molar-refractivity contribution in [1.29, 1.82) is 0 Å². The Morgan fingerprint density at radius 3 is 2.41 bits per heavy atom. The number of amides is 2. The summed E-state index contributed by atoms with van der Waals surface area (Å²) in [7, 11) is 1.69. The molecular weight excluding hydrogens is 364 g/mol. The number of hydrogen-bond acceptors (Lipinski definition) is 4. The molecule has 2 aromatic rings. The highest BCUT2D eigenvalue weighted by molar-refractivity contribution is 5.74. The maximum atomic E-state index is 12.5. The van der Waals surface area contributed by atoms with E-state index in [0.29, 0.717) is 6.54 Å². The molecule has 0 spiro atoms. The van der Waals surface area contributed by atoms with Gasteiger partial charge >= 0.3 is 6.03 Å². The lowest BCUT2D eigenvalue weighted by atomic mass is 10.2. The lowest BCUT2D eigenvalue weighted by molar-refractivity contribution is 0.194. The van der Waals surface area contributed by atoms with Crippen LogP contribution in [-0.4, -0.2) is 63.9 Å². The number of anilines is 2. The van der Waals surface area contributed by atoms with Crippen LogP contribution in [0.4, 0.5) is 16.2 Å². The van der Waals surface area contributed by atoms with Gasteiger partial charge in [0.25, 0.3) is 0 Å². The standard InChI is InChI=1S/C23H32N4O2/c1-3-25(20-10-5-4-6-11-20)15-9-14-24-23(28)27-18-16-26(17-19-27)21-12-7-8-13-22(21)29-2/h4-8,10-13H,3,9,14-19H2,1-2H3,(H,24,28). The molecule has 0 unspecified atom stereocenters. The predicted molar refractivity (Wildman–Crippen MR) is 119 cm³/mol. The van der Waals surface area contributed by atoms with Gasteiger partial charge in [0, 0.05) is 51.5 Å². The summed E-state index contributed by atoms with van der Waals surface area (Å²) < 4.78 is 5.46. The number of rotatable bonds is 8. The van der Waals surface area contributed by atoms with E-state index in [0.717, 1.165) is 57.1 Å². The van der Waals surface area contributed by atoms with E-state index in [1.54, 1.807) is 7.11 Å². The number of methoxy groups -OCH3 is 1. The second kappa shape index (κ2) is 10.6. The Morgan fingerprint density at radius 2 is 1.72 bits per heavy atom. The van der Waals surface area contributed by atoms with E-state index in [4.69, 9.17) is 4.74 Å². The van der Waals surface area contributed by atoms with Gasteiger partial charge in [0.2, 0.25) is 0 Å². The quantitative estimate of drug-likeness (QED) is 0.695. The molecule has 3 rings (SSSR count). The number of piperazine rings is 1. The second-order valence-corrected chi connectivity index (χ2v) is 7.15. The van der Waals surface area contributed by atoms with Crippen LogP contribution in [0, 0.1) is 0 Å². The molecule has 6 heteroatoms. The van der Waals surface area contributed by atoms with E-state index in [1.165, 1.54) is 5.69 Å². The molecule has 1 aliphatic heterocycles. The molecule has 0 saturated carbocycles. The summed E-state index contributed by atoms with van der Waals surface area (Å²) in [4.78, 5) is 19.0. The van der Waals surface area contributed by atoms with Gasteiger partial charge in [-0.05, 0) is 37.6 Å². The van der Waals surface area contributed by atoms with Crippen molar-refractivity contribution >= 4 is 17.4 Å². The molecule has 1 N–H and O–H groups in total. The van der Waals surface area contributed by atoms with Gasteiger partial charge in [-0.2, -0.15) is 0 Å². The normalized spacial score (nSPS) is 13.9. The van der Waals surface area contributed by atoms with Gasteiger partial charge < -0.3 is 24.8 Å². The fraction of sp³-hybridized carbons (Fsp3) is 0.435. The molecular formula is C23H32N4O2. The molecule has 0 bridgehead atoms. The monoisotopic (exact) mass is 396 g/mol. The van der Waals surface area contributed by atoms with Crippen LogP contribution in [0.15, 0.2) is 54.6 Å². The number of ether oxygens (including phenoxy) is 1. The molecule has 0 aliphatic carbocycles. The Balaban J connectivity index is 1.40. The van der Waals surface area contributed by atoms with Gasteiger partial charge in [-0.25, -0.2) is 4.79 Å². The average molecular weight is 397 g/mol. The zero-order valence-corrected chi connectivity index (χ0v) is 17.5. The molecule has 1 fully saturated rings. The van der Waals surface area contributed by atoms with E-state index in [-0.39, 0.29) is 6.03 Å². The summed E-state index contributed by atoms with van der Waals surface area (Å²) in [5, 5.41) is 3.08. The van der Waals surface area contributed by atoms with Gasteiger partial charge in [0.05, 0.1) is 12.8 Å². The number of benzene rings is 2. The molecule has 1 heterocycles.